The van der Waals surface area contributed by atoms with Gasteiger partial charge in [-0.3, -0.25) is 0 Å². The summed E-state index contributed by atoms with van der Waals surface area (Å²) in [6.07, 6.45) is 12.3. The predicted molar refractivity (Wildman–Crippen MR) is 106 cm³/mol. The molecule has 0 fully saturated rings. The Bertz CT molecular complexity index is 669. The monoisotopic (exact) mass is 307 g/mol. The first-order valence-corrected chi connectivity index (χ1v) is 8.21. The number of allylic oxidation sites excluding steroid dienone is 7. The van der Waals surface area contributed by atoms with Crippen molar-refractivity contribution in [1.29, 1.82) is 0 Å². The van der Waals surface area contributed by atoms with Crippen molar-refractivity contribution in [2.24, 2.45) is 0 Å². The highest BCUT2D eigenvalue weighted by molar-refractivity contribution is 5.91. The van der Waals surface area contributed by atoms with Crippen molar-refractivity contribution >= 4 is 17.3 Å². The standard InChI is InChI=1S/C22H29N/c1-7-11-18(10-4)20(13-9-3)17(6)22-19(12-8-2)16(5)14-15-21(22)23/h8-10,12-15H,4,6-7,11,23H2,1-3,5H3/b12-8-,13-9-,20-18-. The first-order valence-electron chi connectivity index (χ1n) is 8.21. The maximum Gasteiger partial charge on any atom is 0.0400 e. The van der Waals surface area contributed by atoms with Gasteiger partial charge in [0.2, 0.25) is 0 Å². The number of benzene rings is 1. The van der Waals surface area contributed by atoms with E-state index in [0.717, 1.165) is 40.8 Å². The smallest absolute Gasteiger partial charge is 0.0400 e. The number of nitrogen functional groups attached to an aromatic ring is 1. The molecule has 0 amide bonds. The summed E-state index contributed by atoms with van der Waals surface area (Å²) in [6, 6.07) is 4.02. The zero-order valence-electron chi connectivity index (χ0n) is 14.9. The Labute approximate surface area is 141 Å². The van der Waals surface area contributed by atoms with Gasteiger partial charge in [-0.1, -0.05) is 62.9 Å². The van der Waals surface area contributed by atoms with Crippen LogP contribution in [0.1, 0.15) is 50.3 Å². The topological polar surface area (TPSA) is 26.0 Å². The van der Waals surface area contributed by atoms with Crippen LogP contribution in [0.2, 0.25) is 0 Å². The lowest BCUT2D eigenvalue weighted by Crippen LogP contribution is -2.01. The van der Waals surface area contributed by atoms with E-state index in [1.807, 2.05) is 38.1 Å². The Kier molecular flexibility index (Phi) is 7.34. The van der Waals surface area contributed by atoms with Crippen molar-refractivity contribution in [2.75, 3.05) is 5.73 Å². The number of nitrogens with two attached hydrogens (primary N) is 1. The van der Waals surface area contributed by atoms with Crippen LogP contribution < -0.4 is 5.73 Å². The van der Waals surface area contributed by atoms with Gasteiger partial charge in [0.25, 0.3) is 0 Å². The maximum absolute atomic E-state index is 6.30. The molecule has 23 heavy (non-hydrogen) atoms. The summed E-state index contributed by atoms with van der Waals surface area (Å²) >= 11 is 0. The number of aryl methyl sites for hydroxylation is 1. The van der Waals surface area contributed by atoms with Crippen LogP contribution in [-0.4, -0.2) is 0 Å². The quantitative estimate of drug-likeness (QED) is 0.452. The fraction of sp³-hybridized carbons (Fsp3) is 0.273. The molecule has 1 heteroatoms. The second kappa shape index (κ2) is 8.99. The Hall–Kier alpha value is -2.28. The van der Waals surface area contributed by atoms with Crippen LogP contribution in [0.25, 0.3) is 11.6 Å². The van der Waals surface area contributed by atoms with E-state index in [0.29, 0.717) is 0 Å². The summed E-state index contributed by atoms with van der Waals surface area (Å²) in [4.78, 5) is 0. The molecule has 0 bridgehead atoms. The van der Waals surface area contributed by atoms with Crippen LogP contribution in [0.3, 0.4) is 0 Å². The van der Waals surface area contributed by atoms with Gasteiger partial charge in [-0.2, -0.15) is 0 Å². The molecule has 0 spiro atoms. The van der Waals surface area contributed by atoms with Crippen molar-refractivity contribution in [3.05, 3.63) is 77.4 Å². The molecule has 1 rings (SSSR count). The minimum absolute atomic E-state index is 0.760. The first-order chi connectivity index (χ1) is 11.0. The second-order valence-corrected chi connectivity index (χ2v) is 5.63. The van der Waals surface area contributed by atoms with Crippen LogP contribution in [0.5, 0.6) is 0 Å². The molecule has 0 radical (unpaired) electrons. The number of hydrogen-bond donors (Lipinski definition) is 1. The molecule has 0 aromatic heterocycles. The summed E-state index contributed by atoms with van der Waals surface area (Å²) < 4.78 is 0. The van der Waals surface area contributed by atoms with Crippen LogP contribution in [-0.2, 0) is 0 Å². The van der Waals surface area contributed by atoms with Crippen molar-refractivity contribution < 1.29 is 0 Å². The second-order valence-electron chi connectivity index (χ2n) is 5.63. The molecule has 0 atom stereocenters. The normalized spacial score (nSPS) is 12.7. The molecule has 1 nitrogen and oxygen atoms in total. The molecule has 0 saturated heterocycles. The van der Waals surface area contributed by atoms with E-state index in [9.17, 15) is 0 Å². The number of rotatable bonds is 7. The van der Waals surface area contributed by atoms with Gasteiger partial charge in [-0.15, -0.1) is 0 Å². The summed E-state index contributed by atoms with van der Waals surface area (Å²) in [5, 5.41) is 0. The largest absolute Gasteiger partial charge is 0.398 e. The molecule has 1 aromatic carbocycles. The molecule has 0 aliphatic carbocycles. The highest BCUT2D eigenvalue weighted by Crippen LogP contribution is 2.35. The van der Waals surface area contributed by atoms with Crippen molar-refractivity contribution in [3.63, 3.8) is 0 Å². The molecule has 0 aliphatic heterocycles. The van der Waals surface area contributed by atoms with E-state index in [1.54, 1.807) is 0 Å². The van der Waals surface area contributed by atoms with E-state index in [2.05, 4.69) is 45.2 Å². The maximum atomic E-state index is 6.30. The fourth-order valence-electron chi connectivity index (χ4n) is 2.78. The van der Waals surface area contributed by atoms with Gasteiger partial charge in [0.15, 0.2) is 0 Å². The van der Waals surface area contributed by atoms with E-state index in [-0.39, 0.29) is 0 Å². The summed E-state index contributed by atoms with van der Waals surface area (Å²) in [6.45, 7) is 16.7. The molecule has 1 aromatic rings. The molecule has 0 heterocycles. The number of hydrogen-bond acceptors (Lipinski definition) is 1. The van der Waals surface area contributed by atoms with Gasteiger partial charge in [0.1, 0.15) is 0 Å². The lowest BCUT2D eigenvalue weighted by Gasteiger charge is -2.18. The Morgan fingerprint density at radius 1 is 1.22 bits per heavy atom. The van der Waals surface area contributed by atoms with E-state index >= 15 is 0 Å². The fourth-order valence-corrected chi connectivity index (χ4v) is 2.78. The van der Waals surface area contributed by atoms with Crippen molar-refractivity contribution in [1.82, 2.24) is 0 Å². The average Bonchev–Trinajstić information content (AvgIpc) is 2.54. The number of anilines is 1. The summed E-state index contributed by atoms with van der Waals surface area (Å²) in [7, 11) is 0. The van der Waals surface area contributed by atoms with Crippen LogP contribution in [0.4, 0.5) is 5.69 Å². The third kappa shape index (κ3) is 4.35. The van der Waals surface area contributed by atoms with E-state index < -0.39 is 0 Å². The Morgan fingerprint density at radius 3 is 2.43 bits per heavy atom. The molecular formula is C22H29N. The third-order valence-electron chi connectivity index (χ3n) is 3.90. The molecule has 0 saturated carbocycles. The van der Waals surface area contributed by atoms with Crippen LogP contribution in [0, 0.1) is 6.92 Å². The minimum Gasteiger partial charge on any atom is -0.398 e. The lowest BCUT2D eigenvalue weighted by atomic mass is 9.87. The van der Waals surface area contributed by atoms with Gasteiger partial charge in [0, 0.05) is 11.3 Å². The molecule has 2 N–H and O–H groups in total. The van der Waals surface area contributed by atoms with Gasteiger partial charge in [-0.05, 0) is 61.1 Å². The molecular weight excluding hydrogens is 278 g/mol. The predicted octanol–water partition coefficient (Wildman–Crippen LogP) is 6.48. The highest BCUT2D eigenvalue weighted by atomic mass is 14.6. The zero-order valence-corrected chi connectivity index (χ0v) is 14.9. The first kappa shape index (κ1) is 18.8. The van der Waals surface area contributed by atoms with Crippen LogP contribution in [0.15, 0.2) is 60.7 Å². The lowest BCUT2D eigenvalue weighted by molar-refractivity contribution is 0.922. The Morgan fingerprint density at radius 2 is 1.91 bits per heavy atom. The van der Waals surface area contributed by atoms with Crippen LogP contribution >= 0.6 is 0 Å². The molecule has 122 valence electrons. The van der Waals surface area contributed by atoms with Gasteiger partial charge < -0.3 is 5.73 Å². The van der Waals surface area contributed by atoms with Crippen molar-refractivity contribution in [2.45, 2.75) is 40.5 Å². The van der Waals surface area contributed by atoms with Gasteiger partial charge >= 0.3 is 0 Å². The SMILES string of the molecule is C=C/C(CCC)=C(\C=C/C)C(=C)c1c(N)ccc(C)c1/C=C\C. The summed E-state index contributed by atoms with van der Waals surface area (Å²) in [5.74, 6) is 0. The Balaban J connectivity index is 3.64. The minimum atomic E-state index is 0.760. The highest BCUT2D eigenvalue weighted by Gasteiger charge is 2.15. The molecule has 0 unspecified atom stereocenters. The third-order valence-corrected chi connectivity index (χ3v) is 3.90. The van der Waals surface area contributed by atoms with Crippen molar-refractivity contribution in [3.8, 4) is 0 Å². The van der Waals surface area contributed by atoms with E-state index in [4.69, 9.17) is 5.73 Å². The zero-order chi connectivity index (χ0) is 17.4. The molecule has 0 aliphatic rings. The van der Waals surface area contributed by atoms with Gasteiger partial charge in [0.05, 0.1) is 0 Å². The average molecular weight is 307 g/mol. The van der Waals surface area contributed by atoms with Gasteiger partial charge in [-0.25, -0.2) is 0 Å². The summed E-state index contributed by atoms with van der Waals surface area (Å²) in [5.41, 5.74) is 13.7. The van der Waals surface area contributed by atoms with E-state index in [1.165, 1.54) is 11.1 Å².